The van der Waals surface area contributed by atoms with Crippen molar-refractivity contribution in [1.82, 2.24) is 10.2 Å². The number of phenols is 1. The van der Waals surface area contributed by atoms with Gasteiger partial charge in [-0.2, -0.15) is 13.2 Å². The van der Waals surface area contributed by atoms with Crippen LogP contribution in [0.3, 0.4) is 0 Å². The maximum Gasteiger partial charge on any atom is 0.390 e. The number of piperazine rings is 1. The molecule has 2 N–H and O–H groups in total. The molecular weight excluding hydrogens is 347 g/mol. The van der Waals surface area contributed by atoms with E-state index < -0.39 is 24.5 Å². The molecule has 0 aromatic heterocycles. The smallest absolute Gasteiger partial charge is 0.390 e. The second-order valence-corrected chi connectivity index (χ2v) is 4.82. The van der Waals surface area contributed by atoms with E-state index in [1.165, 1.54) is 0 Å². The summed E-state index contributed by atoms with van der Waals surface area (Å²) in [6.45, 7) is 2.00. The fraction of sp³-hybridized carbons (Fsp3) is 0.538. The van der Waals surface area contributed by atoms with Gasteiger partial charge in [0, 0.05) is 37.8 Å². The van der Waals surface area contributed by atoms with Crippen molar-refractivity contribution in [3.8, 4) is 5.75 Å². The minimum atomic E-state index is -4.38. The number of rotatable bonds is 3. The predicted molar refractivity (Wildman–Crippen MR) is 80.4 cm³/mol. The summed E-state index contributed by atoms with van der Waals surface area (Å²) in [5.41, 5.74) is -0.00998. The van der Waals surface area contributed by atoms with Crippen LogP contribution in [0.5, 0.6) is 5.75 Å². The Bertz CT molecular complexity index is 468. The van der Waals surface area contributed by atoms with Crippen LogP contribution in [0.2, 0.25) is 0 Å². The number of nitrogens with one attached hydrogen (secondary N) is 1. The molecule has 0 amide bonds. The van der Waals surface area contributed by atoms with E-state index in [0.717, 1.165) is 18.2 Å². The lowest BCUT2D eigenvalue weighted by Crippen LogP contribution is -2.46. The Morgan fingerprint density at radius 1 is 1.18 bits per heavy atom. The third kappa shape index (κ3) is 5.79. The van der Waals surface area contributed by atoms with Gasteiger partial charge in [0.15, 0.2) is 0 Å². The van der Waals surface area contributed by atoms with E-state index >= 15 is 0 Å². The number of phenolic OH excluding ortho intramolecular Hbond substituents is 1. The van der Waals surface area contributed by atoms with Gasteiger partial charge in [0.05, 0.1) is 6.42 Å². The summed E-state index contributed by atoms with van der Waals surface area (Å²) in [7, 11) is 0. The zero-order chi connectivity index (χ0) is 14.8. The Balaban J connectivity index is 0.00000220. The van der Waals surface area contributed by atoms with Crippen LogP contribution in [0.15, 0.2) is 18.2 Å². The number of halogens is 6. The average molecular weight is 365 g/mol. The third-order valence-corrected chi connectivity index (χ3v) is 3.37. The summed E-state index contributed by atoms with van der Waals surface area (Å²) in [6.07, 6.45) is -5.49. The third-order valence-electron chi connectivity index (χ3n) is 3.37. The number of benzene rings is 1. The molecule has 1 saturated heterocycles. The summed E-state index contributed by atoms with van der Waals surface area (Å²) in [5, 5.41) is 12.8. The topological polar surface area (TPSA) is 35.5 Å². The zero-order valence-corrected chi connectivity index (χ0v) is 13.2. The largest absolute Gasteiger partial charge is 0.508 e. The van der Waals surface area contributed by atoms with Crippen molar-refractivity contribution in [2.45, 2.75) is 18.6 Å². The normalized spacial score (nSPS) is 17.3. The van der Waals surface area contributed by atoms with Crippen LogP contribution in [0, 0.1) is 5.82 Å². The Morgan fingerprint density at radius 2 is 1.77 bits per heavy atom. The number of nitrogens with zero attached hydrogens (tertiary/aromatic N) is 1. The first kappa shape index (κ1) is 21.2. The molecule has 0 saturated carbocycles. The van der Waals surface area contributed by atoms with Gasteiger partial charge in [0.25, 0.3) is 0 Å². The van der Waals surface area contributed by atoms with Crippen LogP contribution in [0.1, 0.15) is 18.0 Å². The lowest BCUT2D eigenvalue weighted by molar-refractivity contribution is -0.148. The molecule has 0 spiro atoms. The molecule has 1 fully saturated rings. The molecule has 9 heteroatoms. The Morgan fingerprint density at radius 3 is 2.32 bits per heavy atom. The molecule has 128 valence electrons. The first-order chi connectivity index (χ1) is 9.37. The molecule has 0 radical (unpaired) electrons. The van der Waals surface area contributed by atoms with E-state index in [4.69, 9.17) is 0 Å². The summed E-state index contributed by atoms with van der Waals surface area (Å²) >= 11 is 0. The van der Waals surface area contributed by atoms with Gasteiger partial charge in [-0.15, -0.1) is 24.8 Å². The van der Waals surface area contributed by atoms with Crippen molar-refractivity contribution < 1.29 is 22.7 Å². The molecule has 1 aromatic carbocycles. The van der Waals surface area contributed by atoms with Crippen LogP contribution in [-0.2, 0) is 0 Å². The Labute approximate surface area is 138 Å². The molecule has 3 nitrogen and oxygen atoms in total. The first-order valence-corrected chi connectivity index (χ1v) is 6.37. The minimum Gasteiger partial charge on any atom is -0.508 e. The quantitative estimate of drug-likeness (QED) is 0.808. The monoisotopic (exact) mass is 364 g/mol. The standard InChI is InChI=1S/C13H16F4N2O.2ClH/c14-9-1-2-12(20)10(7-9)11(8-13(15,16)17)19-5-3-18-4-6-19;;/h1-2,7,11,18,20H,3-6,8H2;2*1H/t11-;;/m1../s1. The second-order valence-electron chi connectivity index (χ2n) is 4.82. The fourth-order valence-corrected chi connectivity index (χ4v) is 2.44. The van der Waals surface area contributed by atoms with Crippen molar-refractivity contribution in [2.75, 3.05) is 26.2 Å². The van der Waals surface area contributed by atoms with Crippen LogP contribution in [0.4, 0.5) is 17.6 Å². The maximum atomic E-state index is 13.3. The van der Waals surface area contributed by atoms with E-state index in [-0.39, 0.29) is 36.1 Å². The van der Waals surface area contributed by atoms with Crippen LogP contribution >= 0.6 is 24.8 Å². The highest BCUT2D eigenvalue weighted by Gasteiger charge is 2.37. The van der Waals surface area contributed by atoms with Gasteiger partial charge in [0.2, 0.25) is 0 Å². The van der Waals surface area contributed by atoms with Crippen molar-refractivity contribution in [3.63, 3.8) is 0 Å². The predicted octanol–water partition coefficient (Wildman–Crippen LogP) is 3.27. The highest BCUT2D eigenvalue weighted by atomic mass is 35.5. The van der Waals surface area contributed by atoms with Gasteiger partial charge in [-0.05, 0) is 18.2 Å². The molecule has 0 aliphatic carbocycles. The average Bonchev–Trinajstić information content (AvgIpc) is 2.39. The van der Waals surface area contributed by atoms with Crippen molar-refractivity contribution >= 4 is 24.8 Å². The van der Waals surface area contributed by atoms with Crippen LogP contribution < -0.4 is 5.32 Å². The molecule has 0 bridgehead atoms. The molecule has 1 atom stereocenters. The number of hydrogen-bond donors (Lipinski definition) is 2. The van der Waals surface area contributed by atoms with Gasteiger partial charge in [0.1, 0.15) is 11.6 Å². The number of alkyl halides is 3. The Kier molecular flexibility index (Phi) is 8.46. The lowest BCUT2D eigenvalue weighted by Gasteiger charge is -2.35. The lowest BCUT2D eigenvalue weighted by atomic mass is 9.99. The molecule has 1 aliphatic rings. The minimum absolute atomic E-state index is 0. The van der Waals surface area contributed by atoms with E-state index in [2.05, 4.69) is 5.32 Å². The van der Waals surface area contributed by atoms with Crippen molar-refractivity contribution in [1.29, 1.82) is 0 Å². The molecule has 1 aromatic rings. The molecule has 2 rings (SSSR count). The second kappa shape index (κ2) is 8.76. The van der Waals surface area contributed by atoms with E-state index in [1.807, 2.05) is 0 Å². The number of aromatic hydroxyl groups is 1. The Hall–Kier alpha value is -0.760. The van der Waals surface area contributed by atoms with Gasteiger partial charge in [-0.3, -0.25) is 4.90 Å². The van der Waals surface area contributed by atoms with E-state index in [0.29, 0.717) is 26.2 Å². The van der Waals surface area contributed by atoms with Crippen LogP contribution in [0.25, 0.3) is 0 Å². The zero-order valence-electron chi connectivity index (χ0n) is 11.6. The summed E-state index contributed by atoms with van der Waals surface area (Å²) < 4.78 is 51.6. The highest BCUT2D eigenvalue weighted by molar-refractivity contribution is 5.85. The van der Waals surface area contributed by atoms with E-state index in [9.17, 15) is 22.7 Å². The first-order valence-electron chi connectivity index (χ1n) is 6.37. The van der Waals surface area contributed by atoms with Gasteiger partial charge in [-0.25, -0.2) is 4.39 Å². The maximum absolute atomic E-state index is 13.3. The SMILES string of the molecule is Cl.Cl.Oc1ccc(F)cc1[C@@H](CC(F)(F)F)N1CCNCC1. The van der Waals surface area contributed by atoms with Gasteiger partial charge < -0.3 is 10.4 Å². The fourth-order valence-electron chi connectivity index (χ4n) is 2.44. The highest BCUT2D eigenvalue weighted by Crippen LogP contribution is 2.37. The van der Waals surface area contributed by atoms with E-state index in [1.54, 1.807) is 4.90 Å². The summed E-state index contributed by atoms with van der Waals surface area (Å²) in [4.78, 5) is 1.62. The number of hydrogen-bond acceptors (Lipinski definition) is 3. The molecule has 1 aliphatic heterocycles. The van der Waals surface area contributed by atoms with Crippen LogP contribution in [-0.4, -0.2) is 42.4 Å². The molecular formula is C13H18Cl2F4N2O. The molecule has 1 heterocycles. The van der Waals surface area contributed by atoms with Crippen molar-refractivity contribution in [3.05, 3.63) is 29.6 Å². The van der Waals surface area contributed by atoms with Gasteiger partial charge in [-0.1, -0.05) is 0 Å². The van der Waals surface area contributed by atoms with Gasteiger partial charge >= 0.3 is 6.18 Å². The molecule has 0 unspecified atom stereocenters. The summed E-state index contributed by atoms with van der Waals surface area (Å²) in [6, 6.07) is 2.04. The van der Waals surface area contributed by atoms with Crippen molar-refractivity contribution in [2.24, 2.45) is 0 Å². The summed E-state index contributed by atoms with van der Waals surface area (Å²) in [5.74, 6) is -0.959. The molecule has 22 heavy (non-hydrogen) atoms.